The normalized spacial score (nSPS) is 11.6. The van der Waals surface area contributed by atoms with Crippen molar-refractivity contribution in [2.45, 2.75) is 6.18 Å². The molecule has 0 fully saturated rings. The molecule has 0 aliphatic carbocycles. The van der Waals surface area contributed by atoms with Crippen LogP contribution in [0.2, 0.25) is 0 Å². The highest BCUT2D eigenvalue weighted by Crippen LogP contribution is 2.32. The van der Waals surface area contributed by atoms with Gasteiger partial charge in [0.2, 0.25) is 0 Å². The lowest BCUT2D eigenvalue weighted by atomic mass is 10.2. The van der Waals surface area contributed by atoms with Crippen molar-refractivity contribution in [3.8, 4) is 11.8 Å². The molecule has 2 heterocycles. The van der Waals surface area contributed by atoms with Gasteiger partial charge in [-0.25, -0.2) is 0 Å². The third-order valence-electron chi connectivity index (χ3n) is 2.86. The first-order valence-corrected chi connectivity index (χ1v) is 6.12. The van der Waals surface area contributed by atoms with Crippen LogP contribution in [-0.4, -0.2) is 15.0 Å². The highest BCUT2D eigenvalue weighted by atomic mass is 19.4. The van der Waals surface area contributed by atoms with E-state index < -0.39 is 17.3 Å². The lowest BCUT2D eigenvalue weighted by Gasteiger charge is -2.09. The molecule has 1 aromatic carbocycles. The Hall–Kier alpha value is -2.90. The number of pyridine rings is 1. The number of fused-ring (bicyclic) bond motifs is 1. The van der Waals surface area contributed by atoms with Gasteiger partial charge in [0.05, 0.1) is 22.7 Å². The smallest absolute Gasteiger partial charge is 0.416 e. The van der Waals surface area contributed by atoms with Gasteiger partial charge in [-0.2, -0.15) is 18.2 Å². The predicted octanol–water partition coefficient (Wildman–Crippen LogP) is 3.13. The van der Waals surface area contributed by atoms with Crippen molar-refractivity contribution in [2.75, 3.05) is 0 Å². The summed E-state index contributed by atoms with van der Waals surface area (Å²) in [6.07, 6.45) is -1.68. The van der Waals surface area contributed by atoms with Crippen LogP contribution < -0.4 is 10.3 Å². The minimum Gasteiger partial charge on any atom is -0.426 e. The van der Waals surface area contributed by atoms with E-state index in [4.69, 9.17) is 4.74 Å². The molecular weight excluding hydrogens is 299 g/mol. The van der Waals surface area contributed by atoms with Crippen LogP contribution >= 0.6 is 0 Å². The average Bonchev–Trinajstić information content (AvgIpc) is 2.47. The number of benzene rings is 1. The van der Waals surface area contributed by atoms with E-state index >= 15 is 0 Å². The summed E-state index contributed by atoms with van der Waals surface area (Å²) < 4.78 is 43.1. The van der Waals surface area contributed by atoms with Gasteiger partial charge in [0, 0.05) is 6.20 Å². The van der Waals surface area contributed by atoms with Gasteiger partial charge in [-0.1, -0.05) is 6.07 Å². The number of ether oxygens (including phenoxy) is 1. The molecular formula is C14H8F3N3O2. The van der Waals surface area contributed by atoms with E-state index in [1.54, 1.807) is 0 Å². The van der Waals surface area contributed by atoms with E-state index in [-0.39, 0.29) is 17.3 Å². The number of rotatable bonds is 2. The van der Waals surface area contributed by atoms with Crippen molar-refractivity contribution in [3.63, 3.8) is 0 Å². The van der Waals surface area contributed by atoms with Crippen molar-refractivity contribution in [1.29, 1.82) is 0 Å². The Bertz CT molecular complexity index is 890. The molecule has 0 amide bonds. The monoisotopic (exact) mass is 307 g/mol. The third kappa shape index (κ3) is 2.76. The zero-order chi connectivity index (χ0) is 15.7. The van der Waals surface area contributed by atoms with E-state index in [2.05, 4.69) is 15.0 Å². The molecule has 3 rings (SSSR count). The highest BCUT2D eigenvalue weighted by molar-refractivity contribution is 5.76. The number of nitrogens with one attached hydrogen (secondary N) is 1. The van der Waals surface area contributed by atoms with Gasteiger partial charge in [-0.05, 0) is 24.3 Å². The summed E-state index contributed by atoms with van der Waals surface area (Å²) in [6.45, 7) is 0. The first-order valence-electron chi connectivity index (χ1n) is 6.12. The number of halogens is 3. The van der Waals surface area contributed by atoms with E-state index in [1.807, 2.05) is 0 Å². The maximum atomic E-state index is 12.6. The van der Waals surface area contributed by atoms with Gasteiger partial charge < -0.3 is 4.74 Å². The van der Waals surface area contributed by atoms with Gasteiger partial charge in [-0.15, -0.1) is 0 Å². The Labute approximate surface area is 121 Å². The summed E-state index contributed by atoms with van der Waals surface area (Å²) in [7, 11) is 0. The van der Waals surface area contributed by atoms with E-state index in [9.17, 15) is 18.0 Å². The first kappa shape index (κ1) is 14.1. The molecule has 2 aromatic heterocycles. The molecule has 1 N–H and O–H groups in total. The molecule has 0 unspecified atom stereocenters. The zero-order valence-corrected chi connectivity index (χ0v) is 10.9. The maximum absolute atomic E-state index is 12.6. The second-order valence-corrected chi connectivity index (χ2v) is 4.39. The van der Waals surface area contributed by atoms with E-state index in [0.717, 1.165) is 12.1 Å². The minimum atomic E-state index is -4.48. The minimum absolute atomic E-state index is 0.0822. The van der Waals surface area contributed by atoms with E-state index in [1.165, 1.54) is 30.6 Å². The SMILES string of the molecule is O=c1[nH]c(Oc2cccc(C(F)(F)F)c2)nc2cnccc12. The largest absolute Gasteiger partial charge is 0.426 e. The Morgan fingerprint density at radius 1 is 1.18 bits per heavy atom. The Kier molecular flexibility index (Phi) is 3.28. The Morgan fingerprint density at radius 2 is 2.00 bits per heavy atom. The summed E-state index contributed by atoms with van der Waals surface area (Å²) >= 11 is 0. The molecule has 3 aromatic rings. The van der Waals surface area contributed by atoms with Crippen molar-refractivity contribution < 1.29 is 17.9 Å². The van der Waals surface area contributed by atoms with Crippen molar-refractivity contribution in [1.82, 2.24) is 15.0 Å². The van der Waals surface area contributed by atoms with E-state index in [0.29, 0.717) is 5.39 Å². The van der Waals surface area contributed by atoms with Crippen LogP contribution in [0.1, 0.15) is 5.56 Å². The fourth-order valence-electron chi connectivity index (χ4n) is 1.86. The van der Waals surface area contributed by atoms with Crippen molar-refractivity contribution in [3.05, 3.63) is 58.6 Å². The molecule has 0 spiro atoms. The molecule has 0 radical (unpaired) electrons. The fourth-order valence-corrected chi connectivity index (χ4v) is 1.86. The van der Waals surface area contributed by atoms with Crippen molar-refractivity contribution in [2.24, 2.45) is 0 Å². The summed E-state index contributed by atoms with van der Waals surface area (Å²) in [5.41, 5.74) is -1.03. The number of hydrogen-bond acceptors (Lipinski definition) is 4. The lowest BCUT2D eigenvalue weighted by molar-refractivity contribution is -0.137. The molecule has 112 valence electrons. The average molecular weight is 307 g/mol. The summed E-state index contributed by atoms with van der Waals surface area (Å²) in [6, 6.07) is 5.57. The van der Waals surface area contributed by atoms with Gasteiger partial charge in [0.15, 0.2) is 0 Å². The fraction of sp³-hybridized carbons (Fsp3) is 0.0714. The van der Waals surface area contributed by atoms with Crippen LogP contribution in [0.25, 0.3) is 10.9 Å². The number of aromatic amines is 1. The summed E-state index contributed by atoms with van der Waals surface area (Å²) in [5, 5.41) is 0.311. The topological polar surface area (TPSA) is 67.9 Å². The molecule has 0 atom stereocenters. The quantitative estimate of drug-likeness (QED) is 0.790. The van der Waals surface area contributed by atoms with Crippen LogP contribution in [0.5, 0.6) is 11.8 Å². The molecule has 0 bridgehead atoms. The van der Waals surface area contributed by atoms with Gasteiger partial charge in [-0.3, -0.25) is 14.8 Å². The van der Waals surface area contributed by atoms with Crippen LogP contribution in [-0.2, 0) is 6.18 Å². The second kappa shape index (κ2) is 5.14. The third-order valence-corrected chi connectivity index (χ3v) is 2.86. The Morgan fingerprint density at radius 3 is 2.77 bits per heavy atom. The van der Waals surface area contributed by atoms with Gasteiger partial charge in [0.25, 0.3) is 5.56 Å². The molecule has 0 aliphatic heterocycles. The molecule has 5 nitrogen and oxygen atoms in total. The van der Waals surface area contributed by atoms with Crippen LogP contribution in [0.15, 0.2) is 47.5 Å². The van der Waals surface area contributed by atoms with Crippen LogP contribution in [0, 0.1) is 0 Å². The molecule has 0 saturated carbocycles. The number of hydrogen-bond donors (Lipinski definition) is 1. The molecule has 0 aliphatic rings. The lowest BCUT2D eigenvalue weighted by Crippen LogP contribution is -2.10. The summed E-state index contributed by atoms with van der Waals surface area (Å²) in [5.74, 6) is -0.0822. The number of aromatic nitrogens is 3. The van der Waals surface area contributed by atoms with Crippen molar-refractivity contribution >= 4 is 10.9 Å². The number of alkyl halides is 3. The zero-order valence-electron chi connectivity index (χ0n) is 10.9. The van der Waals surface area contributed by atoms with Gasteiger partial charge >= 0.3 is 12.2 Å². The highest BCUT2D eigenvalue weighted by Gasteiger charge is 2.30. The molecule has 22 heavy (non-hydrogen) atoms. The Balaban J connectivity index is 1.98. The summed E-state index contributed by atoms with van der Waals surface area (Å²) in [4.78, 5) is 22.0. The van der Waals surface area contributed by atoms with Gasteiger partial charge in [0.1, 0.15) is 5.75 Å². The first-order chi connectivity index (χ1) is 10.4. The maximum Gasteiger partial charge on any atom is 0.416 e. The number of H-pyrrole nitrogens is 1. The standard InChI is InChI=1S/C14H8F3N3O2/c15-14(16,17)8-2-1-3-9(6-8)22-13-19-11-7-18-5-4-10(11)12(21)20-13/h1-7H,(H,19,20,21). The molecule has 0 saturated heterocycles. The predicted molar refractivity (Wildman–Crippen MR) is 71.7 cm³/mol. The van der Waals surface area contributed by atoms with Crippen LogP contribution in [0.3, 0.4) is 0 Å². The second-order valence-electron chi connectivity index (χ2n) is 4.39. The number of nitrogens with zero attached hydrogens (tertiary/aromatic N) is 2. The van der Waals surface area contributed by atoms with Crippen LogP contribution in [0.4, 0.5) is 13.2 Å². The molecule has 8 heteroatoms.